The number of carbonyl (C=O) groups excluding carboxylic acids is 2. The molecule has 1 aromatic carbocycles. The number of thiazole rings is 1. The molecule has 7 nitrogen and oxygen atoms in total. The number of esters is 1. The van der Waals surface area contributed by atoms with E-state index in [-0.39, 0.29) is 24.9 Å². The van der Waals surface area contributed by atoms with E-state index in [1.165, 1.54) is 18.4 Å². The molecule has 2 aromatic rings. The van der Waals surface area contributed by atoms with Gasteiger partial charge in [0.1, 0.15) is 11.4 Å². The molecule has 0 aliphatic heterocycles. The van der Waals surface area contributed by atoms with Gasteiger partial charge in [-0.1, -0.05) is 0 Å². The number of nitrogens with two attached hydrogens (primary N) is 1. The molecule has 0 unspecified atom stereocenters. The first-order valence-electron chi connectivity index (χ1n) is 7.29. The highest BCUT2D eigenvalue weighted by molar-refractivity contribution is 7.09. The van der Waals surface area contributed by atoms with Crippen LogP contribution in [-0.4, -0.2) is 37.1 Å². The van der Waals surface area contributed by atoms with E-state index in [2.05, 4.69) is 15.0 Å². The number of rotatable bonds is 7. The predicted octanol–water partition coefficient (Wildman–Crippen LogP) is 2.18. The van der Waals surface area contributed by atoms with Crippen LogP contribution in [0.1, 0.15) is 21.1 Å². The van der Waals surface area contributed by atoms with Crippen molar-refractivity contribution in [1.82, 2.24) is 4.98 Å². The Morgan fingerprint density at radius 2 is 2.12 bits per heavy atom. The third kappa shape index (κ3) is 6.00. The number of hydrogen-bond acceptors (Lipinski definition) is 7. The highest BCUT2D eigenvalue weighted by Gasteiger charge is 2.12. The van der Waals surface area contributed by atoms with Crippen molar-refractivity contribution in [2.45, 2.75) is 13.3 Å². The lowest BCUT2D eigenvalue weighted by Crippen LogP contribution is -2.14. The molecule has 3 N–H and O–H groups in total. The Kier molecular flexibility index (Phi) is 8.33. The molecular formula is C16H20ClN3O4S. The van der Waals surface area contributed by atoms with Gasteiger partial charge < -0.3 is 20.5 Å². The molecule has 1 heterocycles. The van der Waals surface area contributed by atoms with Crippen LogP contribution in [0.15, 0.2) is 23.6 Å². The summed E-state index contributed by atoms with van der Waals surface area (Å²) in [4.78, 5) is 27.6. The number of methoxy groups -OCH3 is 1. The Morgan fingerprint density at radius 1 is 1.36 bits per heavy atom. The summed E-state index contributed by atoms with van der Waals surface area (Å²) in [6.07, 6.45) is 0.656. The molecule has 25 heavy (non-hydrogen) atoms. The molecule has 1 aromatic heterocycles. The number of hydrogen-bond donors (Lipinski definition) is 2. The second kappa shape index (κ2) is 9.97. The second-order valence-electron chi connectivity index (χ2n) is 4.96. The van der Waals surface area contributed by atoms with Crippen molar-refractivity contribution in [1.29, 1.82) is 0 Å². The molecule has 9 heteroatoms. The quantitative estimate of drug-likeness (QED) is 0.708. The van der Waals surface area contributed by atoms with Crippen LogP contribution in [0.2, 0.25) is 0 Å². The van der Waals surface area contributed by atoms with Crippen molar-refractivity contribution in [3.63, 3.8) is 0 Å². The van der Waals surface area contributed by atoms with Gasteiger partial charge in [0, 0.05) is 17.5 Å². The van der Waals surface area contributed by atoms with Gasteiger partial charge in [0.15, 0.2) is 6.61 Å². The molecule has 1 amide bonds. The molecule has 136 valence electrons. The van der Waals surface area contributed by atoms with E-state index in [1.807, 2.05) is 6.92 Å². The van der Waals surface area contributed by atoms with E-state index < -0.39 is 5.97 Å². The molecule has 2 rings (SSSR count). The standard InChI is InChI=1S/C16H19N3O4S.ClH/c1-10-7-11(23-8-15(20)22-2)3-4-12(10)19-16(21)13-9-24-14(18-13)5-6-17;/h3-4,7,9H,5-6,8,17H2,1-2H3,(H,19,21);1H. The third-order valence-corrected chi connectivity index (χ3v) is 4.08. The SMILES string of the molecule is COC(=O)COc1ccc(NC(=O)c2csc(CCN)n2)c(C)c1.Cl. The number of nitrogens with one attached hydrogen (secondary N) is 1. The minimum atomic E-state index is -0.457. The maximum absolute atomic E-state index is 12.2. The van der Waals surface area contributed by atoms with E-state index in [4.69, 9.17) is 10.5 Å². The average molecular weight is 386 g/mol. The highest BCUT2D eigenvalue weighted by Crippen LogP contribution is 2.22. The Labute approximate surface area is 155 Å². The zero-order valence-electron chi connectivity index (χ0n) is 13.9. The summed E-state index contributed by atoms with van der Waals surface area (Å²) in [6, 6.07) is 5.12. The Morgan fingerprint density at radius 3 is 2.76 bits per heavy atom. The molecule has 0 fully saturated rings. The topological polar surface area (TPSA) is 104 Å². The van der Waals surface area contributed by atoms with Crippen LogP contribution < -0.4 is 15.8 Å². The van der Waals surface area contributed by atoms with E-state index in [9.17, 15) is 9.59 Å². The normalized spacial score (nSPS) is 9.88. The molecule has 0 radical (unpaired) electrons. The maximum Gasteiger partial charge on any atom is 0.343 e. The summed E-state index contributed by atoms with van der Waals surface area (Å²) in [7, 11) is 1.30. The van der Waals surface area contributed by atoms with Crippen molar-refractivity contribution in [3.8, 4) is 5.75 Å². The first kappa shape index (κ1) is 20.9. The number of ether oxygens (including phenoxy) is 2. The zero-order chi connectivity index (χ0) is 17.5. The van der Waals surface area contributed by atoms with Gasteiger partial charge in [0.25, 0.3) is 5.91 Å². The fraction of sp³-hybridized carbons (Fsp3) is 0.312. The van der Waals surface area contributed by atoms with Crippen LogP contribution in [-0.2, 0) is 16.0 Å². The zero-order valence-corrected chi connectivity index (χ0v) is 15.5. The molecule has 0 saturated carbocycles. The van der Waals surface area contributed by atoms with Crippen LogP contribution in [0.25, 0.3) is 0 Å². The number of aryl methyl sites for hydroxylation is 1. The van der Waals surface area contributed by atoms with Crippen molar-refractivity contribution < 1.29 is 19.1 Å². The maximum atomic E-state index is 12.2. The van der Waals surface area contributed by atoms with Gasteiger partial charge in [-0.15, -0.1) is 23.7 Å². The van der Waals surface area contributed by atoms with Gasteiger partial charge in [0.2, 0.25) is 0 Å². The lowest BCUT2D eigenvalue weighted by molar-refractivity contribution is -0.142. The van der Waals surface area contributed by atoms with Crippen LogP contribution in [0, 0.1) is 6.92 Å². The van der Waals surface area contributed by atoms with Gasteiger partial charge in [-0.3, -0.25) is 4.79 Å². The summed E-state index contributed by atoms with van der Waals surface area (Å²) >= 11 is 1.42. The molecular weight excluding hydrogens is 366 g/mol. The van der Waals surface area contributed by atoms with Crippen LogP contribution in [0.4, 0.5) is 5.69 Å². The second-order valence-corrected chi connectivity index (χ2v) is 5.90. The van der Waals surface area contributed by atoms with Crippen LogP contribution >= 0.6 is 23.7 Å². The Bertz CT molecular complexity index is 736. The lowest BCUT2D eigenvalue weighted by atomic mass is 10.2. The number of aromatic nitrogens is 1. The summed E-state index contributed by atoms with van der Waals surface area (Å²) < 4.78 is 9.82. The Balaban J connectivity index is 0.00000312. The largest absolute Gasteiger partial charge is 0.482 e. The minimum Gasteiger partial charge on any atom is -0.482 e. The van der Waals surface area contributed by atoms with E-state index in [0.29, 0.717) is 30.1 Å². The van der Waals surface area contributed by atoms with E-state index >= 15 is 0 Å². The minimum absolute atomic E-state index is 0. The number of carbonyl (C=O) groups is 2. The summed E-state index contributed by atoms with van der Waals surface area (Å²) in [5.41, 5.74) is 7.31. The van der Waals surface area contributed by atoms with Gasteiger partial charge in [-0.25, -0.2) is 9.78 Å². The van der Waals surface area contributed by atoms with Crippen LogP contribution in [0.5, 0.6) is 5.75 Å². The molecule has 0 spiro atoms. The molecule has 0 atom stereocenters. The number of amides is 1. The first-order chi connectivity index (χ1) is 11.5. The van der Waals surface area contributed by atoms with Gasteiger partial charge >= 0.3 is 5.97 Å². The number of nitrogens with zero attached hydrogens (tertiary/aromatic N) is 1. The number of anilines is 1. The van der Waals surface area contributed by atoms with Crippen molar-refractivity contribution >= 4 is 41.3 Å². The predicted molar refractivity (Wildman–Crippen MR) is 98.8 cm³/mol. The van der Waals surface area contributed by atoms with Gasteiger partial charge in [-0.05, 0) is 37.2 Å². The number of benzene rings is 1. The average Bonchev–Trinajstić information content (AvgIpc) is 3.04. The van der Waals surface area contributed by atoms with E-state index in [1.54, 1.807) is 23.6 Å². The Hall–Kier alpha value is -2.16. The van der Waals surface area contributed by atoms with Crippen LogP contribution in [0.3, 0.4) is 0 Å². The third-order valence-electron chi connectivity index (χ3n) is 3.17. The fourth-order valence-corrected chi connectivity index (χ4v) is 2.70. The van der Waals surface area contributed by atoms with Crippen molar-refractivity contribution in [2.24, 2.45) is 5.73 Å². The summed E-state index contributed by atoms with van der Waals surface area (Å²) in [5.74, 6) is -0.211. The molecule has 0 aliphatic carbocycles. The van der Waals surface area contributed by atoms with Gasteiger partial charge in [0.05, 0.1) is 12.1 Å². The molecule has 0 saturated heterocycles. The summed E-state index contributed by atoms with van der Waals surface area (Å²) in [5, 5.41) is 5.36. The van der Waals surface area contributed by atoms with Gasteiger partial charge in [-0.2, -0.15) is 0 Å². The fourth-order valence-electron chi connectivity index (χ4n) is 1.91. The molecule has 0 bridgehead atoms. The smallest absolute Gasteiger partial charge is 0.343 e. The van der Waals surface area contributed by atoms with Crippen molar-refractivity contribution in [2.75, 3.05) is 25.6 Å². The number of halogens is 1. The lowest BCUT2D eigenvalue weighted by Gasteiger charge is -2.10. The highest BCUT2D eigenvalue weighted by atomic mass is 35.5. The monoisotopic (exact) mass is 385 g/mol. The van der Waals surface area contributed by atoms with E-state index in [0.717, 1.165) is 10.6 Å². The van der Waals surface area contributed by atoms with Crippen molar-refractivity contribution in [3.05, 3.63) is 39.8 Å². The molecule has 0 aliphatic rings. The first-order valence-corrected chi connectivity index (χ1v) is 8.17. The summed E-state index contributed by atoms with van der Waals surface area (Å²) in [6.45, 7) is 2.17.